The average molecular weight is 428 g/mol. The Hall–Kier alpha value is -3.49. The first kappa shape index (κ1) is 20.8. The molecule has 4 rings (SSSR count). The summed E-state index contributed by atoms with van der Waals surface area (Å²) in [6, 6.07) is 4.86. The molecule has 3 heterocycles. The Labute approximate surface area is 177 Å². The van der Waals surface area contributed by atoms with Gasteiger partial charge in [-0.25, -0.2) is 14.2 Å². The number of benzene rings is 1. The highest BCUT2D eigenvalue weighted by Gasteiger charge is 2.37. The number of carbonyl (C=O) groups excluding carboxylic acids is 2. The summed E-state index contributed by atoms with van der Waals surface area (Å²) >= 11 is 0. The number of aliphatic hydroxyl groups is 1. The Morgan fingerprint density at radius 2 is 2.26 bits per heavy atom. The topological polar surface area (TPSA) is 124 Å². The molecule has 2 aromatic rings. The van der Waals surface area contributed by atoms with Gasteiger partial charge in [-0.3, -0.25) is 14.3 Å². The van der Waals surface area contributed by atoms with E-state index in [2.05, 4.69) is 10.4 Å². The summed E-state index contributed by atoms with van der Waals surface area (Å²) in [7, 11) is 1.47. The summed E-state index contributed by atoms with van der Waals surface area (Å²) < 4.78 is 15.1. The fourth-order valence-electron chi connectivity index (χ4n) is 3.86. The predicted octanol–water partition coefficient (Wildman–Crippen LogP) is 1.25. The van der Waals surface area contributed by atoms with Crippen LogP contribution in [0, 0.1) is 17.1 Å². The third-order valence-corrected chi connectivity index (χ3v) is 5.46. The number of urea groups is 1. The van der Waals surface area contributed by atoms with E-state index in [4.69, 9.17) is 10.1 Å². The van der Waals surface area contributed by atoms with Crippen LogP contribution in [0.4, 0.5) is 14.9 Å². The van der Waals surface area contributed by atoms with Crippen LogP contribution in [0.5, 0.6) is 0 Å². The van der Waals surface area contributed by atoms with Crippen LogP contribution in [0.3, 0.4) is 0 Å². The fraction of sp³-hybridized carbons (Fsp3) is 0.400. The largest absolute Gasteiger partial charge is 0.393 e. The average Bonchev–Trinajstić information content (AvgIpc) is 3.03. The molecule has 0 saturated carbocycles. The molecule has 162 valence electrons. The normalized spacial score (nSPS) is 20.5. The Kier molecular flexibility index (Phi) is 5.34. The minimum atomic E-state index is -0.662. The van der Waals surface area contributed by atoms with Crippen LogP contribution in [0.15, 0.2) is 18.2 Å². The monoisotopic (exact) mass is 428 g/mol. The van der Waals surface area contributed by atoms with Gasteiger partial charge in [0.2, 0.25) is 0 Å². The van der Waals surface area contributed by atoms with Gasteiger partial charge in [0.15, 0.2) is 0 Å². The van der Waals surface area contributed by atoms with E-state index in [-0.39, 0.29) is 31.3 Å². The van der Waals surface area contributed by atoms with E-state index >= 15 is 0 Å². The van der Waals surface area contributed by atoms with Gasteiger partial charge in [-0.05, 0) is 25.1 Å². The van der Waals surface area contributed by atoms with E-state index in [0.29, 0.717) is 23.4 Å². The maximum Gasteiger partial charge on any atom is 0.322 e. The molecule has 2 atom stereocenters. The van der Waals surface area contributed by atoms with E-state index in [1.54, 1.807) is 11.0 Å². The number of anilines is 1. The summed E-state index contributed by atoms with van der Waals surface area (Å²) in [5.41, 5.74) is 1.81. The van der Waals surface area contributed by atoms with E-state index in [1.165, 1.54) is 23.9 Å². The van der Waals surface area contributed by atoms with Crippen LogP contribution in [0.25, 0.3) is 0 Å². The third-order valence-electron chi connectivity index (χ3n) is 5.46. The number of amides is 3. The number of aromatic nitrogens is 2. The molecule has 2 aliphatic heterocycles. The first-order valence-electron chi connectivity index (χ1n) is 9.73. The first-order chi connectivity index (χ1) is 14.8. The van der Waals surface area contributed by atoms with Crippen LogP contribution in [-0.4, -0.2) is 62.6 Å². The molecule has 2 N–H and O–H groups in total. The number of hydrogen-bond donors (Lipinski definition) is 2. The molecule has 0 bridgehead atoms. The van der Waals surface area contributed by atoms with E-state index in [0.717, 1.165) is 16.8 Å². The number of fused-ring (bicyclic) bond motifs is 3. The maximum atomic E-state index is 13.6. The van der Waals surface area contributed by atoms with Gasteiger partial charge in [0, 0.05) is 30.8 Å². The van der Waals surface area contributed by atoms with Gasteiger partial charge in [0.1, 0.15) is 23.7 Å². The zero-order valence-corrected chi connectivity index (χ0v) is 17.0. The Balaban J connectivity index is 1.61. The first-order valence-corrected chi connectivity index (χ1v) is 9.73. The maximum absolute atomic E-state index is 13.6. The number of hydroxylamine groups is 2. The lowest BCUT2D eigenvalue weighted by Crippen LogP contribution is -2.45. The molecule has 0 radical (unpaired) electrons. The van der Waals surface area contributed by atoms with Gasteiger partial charge in [-0.2, -0.15) is 10.4 Å². The minimum absolute atomic E-state index is 0.146. The van der Waals surface area contributed by atoms with Crippen LogP contribution >= 0.6 is 0 Å². The van der Waals surface area contributed by atoms with Crippen LogP contribution < -0.4 is 5.32 Å². The summed E-state index contributed by atoms with van der Waals surface area (Å²) in [6.45, 7) is 1.95. The van der Waals surface area contributed by atoms with E-state index in [1.807, 2.05) is 6.92 Å². The van der Waals surface area contributed by atoms with Crippen molar-refractivity contribution in [3.8, 4) is 6.07 Å². The van der Waals surface area contributed by atoms with Crippen molar-refractivity contribution in [3.05, 3.63) is 46.5 Å². The second-order valence-corrected chi connectivity index (χ2v) is 7.59. The molecule has 1 unspecified atom stereocenters. The Morgan fingerprint density at radius 3 is 2.97 bits per heavy atom. The third kappa shape index (κ3) is 3.71. The summed E-state index contributed by atoms with van der Waals surface area (Å²) in [4.78, 5) is 32.8. The van der Waals surface area contributed by atoms with Crippen molar-refractivity contribution in [2.24, 2.45) is 0 Å². The lowest BCUT2D eigenvalue weighted by molar-refractivity contribution is -0.159. The van der Waals surface area contributed by atoms with Crippen molar-refractivity contribution in [2.45, 2.75) is 38.6 Å². The quantitative estimate of drug-likeness (QED) is 0.742. The lowest BCUT2D eigenvalue weighted by Gasteiger charge is -2.33. The van der Waals surface area contributed by atoms with Gasteiger partial charge in [-0.15, -0.1) is 0 Å². The molecule has 3 amide bonds. The van der Waals surface area contributed by atoms with Crippen molar-refractivity contribution in [1.29, 1.82) is 5.26 Å². The standard InChI is InChI=1S/C20H21FN6O4/c1-11-5-17-15(18-19(29)25(2)31-14(10-28)8-27(18)24-17)9-26(11)20(30)23-13-3-4-16(21)12(6-13)7-22/h3-4,6,11,14,28H,5,8-10H2,1-2H3,(H,23,30)/t11-,14?/m1/s1. The summed E-state index contributed by atoms with van der Waals surface area (Å²) in [6.07, 6.45) is -0.168. The minimum Gasteiger partial charge on any atom is -0.393 e. The Bertz CT molecular complexity index is 1090. The number of nitrogens with zero attached hydrogens (tertiary/aromatic N) is 5. The molecular weight excluding hydrogens is 407 g/mol. The zero-order chi connectivity index (χ0) is 22.3. The lowest BCUT2D eigenvalue weighted by atomic mass is 9.99. The molecule has 10 nitrogen and oxygen atoms in total. The van der Waals surface area contributed by atoms with Gasteiger partial charge in [0.05, 0.1) is 31.0 Å². The highest BCUT2D eigenvalue weighted by molar-refractivity contribution is 5.94. The van der Waals surface area contributed by atoms with Crippen LogP contribution in [0.1, 0.15) is 34.2 Å². The smallest absolute Gasteiger partial charge is 0.322 e. The van der Waals surface area contributed by atoms with Crippen molar-refractivity contribution in [1.82, 2.24) is 19.7 Å². The molecule has 1 aromatic heterocycles. The number of halogens is 1. The number of aliphatic hydroxyl groups excluding tert-OH is 1. The number of carbonyl (C=O) groups is 2. The second kappa shape index (κ2) is 7.98. The van der Waals surface area contributed by atoms with Crippen LogP contribution in [-0.2, 0) is 24.3 Å². The SMILES string of the molecule is C[C@@H]1Cc2nn3c(c2CN1C(=O)Nc1ccc(F)c(C#N)c1)C(=O)N(C)OC(CO)C3. The molecule has 11 heteroatoms. The summed E-state index contributed by atoms with van der Waals surface area (Å²) in [5, 5.41) is 26.8. The summed E-state index contributed by atoms with van der Waals surface area (Å²) in [5.74, 6) is -1.07. The van der Waals surface area contributed by atoms with Crippen molar-refractivity contribution in [2.75, 3.05) is 19.0 Å². The Morgan fingerprint density at radius 1 is 1.48 bits per heavy atom. The van der Waals surface area contributed by atoms with Crippen molar-refractivity contribution < 1.29 is 23.9 Å². The number of hydrogen-bond acceptors (Lipinski definition) is 6. The van der Waals surface area contributed by atoms with Gasteiger partial charge >= 0.3 is 6.03 Å². The predicted molar refractivity (Wildman–Crippen MR) is 105 cm³/mol. The highest BCUT2D eigenvalue weighted by Crippen LogP contribution is 2.29. The molecule has 0 saturated heterocycles. The van der Waals surface area contributed by atoms with Crippen molar-refractivity contribution in [3.63, 3.8) is 0 Å². The highest BCUT2D eigenvalue weighted by atomic mass is 19.1. The molecular formula is C20H21FN6O4. The molecule has 0 spiro atoms. The number of rotatable bonds is 2. The molecule has 2 aliphatic rings. The second-order valence-electron chi connectivity index (χ2n) is 7.59. The molecule has 0 fully saturated rings. The zero-order valence-electron chi connectivity index (χ0n) is 17.0. The van der Waals surface area contributed by atoms with Gasteiger partial charge in [-0.1, -0.05) is 0 Å². The van der Waals surface area contributed by atoms with E-state index < -0.39 is 23.9 Å². The van der Waals surface area contributed by atoms with E-state index in [9.17, 15) is 19.1 Å². The molecule has 0 aliphatic carbocycles. The fourth-order valence-corrected chi connectivity index (χ4v) is 3.86. The van der Waals surface area contributed by atoms with Gasteiger partial charge in [0.25, 0.3) is 5.91 Å². The molecule has 1 aromatic carbocycles. The van der Waals surface area contributed by atoms with Crippen molar-refractivity contribution >= 4 is 17.6 Å². The number of nitrogens with one attached hydrogen (secondary N) is 1. The number of nitriles is 1. The van der Waals surface area contributed by atoms with Gasteiger partial charge < -0.3 is 15.3 Å². The van der Waals surface area contributed by atoms with Crippen LogP contribution in [0.2, 0.25) is 0 Å². The molecule has 31 heavy (non-hydrogen) atoms.